The third-order valence-electron chi connectivity index (χ3n) is 2.09. The molecule has 1 rings (SSSR count). The van der Waals surface area contributed by atoms with Gasteiger partial charge in [-0.15, -0.1) is 10.2 Å². The molecule has 0 aliphatic heterocycles. The van der Waals surface area contributed by atoms with Gasteiger partial charge in [-0.25, -0.2) is 0 Å². The number of carbonyl (C=O) groups is 1. The summed E-state index contributed by atoms with van der Waals surface area (Å²) in [5.74, 6) is 0.951. The molecule has 84 valence electrons. The smallest absolute Gasteiger partial charge is 0.238 e. The van der Waals surface area contributed by atoms with Gasteiger partial charge in [0.05, 0.1) is 0 Å². The fourth-order valence-electron chi connectivity index (χ4n) is 1.13. The molecule has 0 aromatic carbocycles. The quantitative estimate of drug-likeness (QED) is 0.821. The highest BCUT2D eigenvalue weighted by atomic mass is 16.4. The highest BCUT2D eigenvalue weighted by molar-refractivity contribution is 5.78. The van der Waals surface area contributed by atoms with Crippen LogP contribution in [0.4, 0.5) is 0 Å². The lowest BCUT2D eigenvalue weighted by molar-refractivity contribution is -0.124. The first-order valence-corrected chi connectivity index (χ1v) is 5.15. The molecule has 0 aliphatic carbocycles. The molecule has 5 heteroatoms. The molecule has 1 aromatic heterocycles. The number of aromatic nitrogens is 2. The maximum absolute atomic E-state index is 11.5. The van der Waals surface area contributed by atoms with E-state index in [1.807, 2.05) is 20.8 Å². The SMILES string of the molecule is CCC(NC(=O)C(C)C)c1nnc(C)o1. The van der Waals surface area contributed by atoms with Crippen LogP contribution in [0.15, 0.2) is 4.42 Å². The monoisotopic (exact) mass is 211 g/mol. The number of nitrogens with one attached hydrogen (secondary N) is 1. The summed E-state index contributed by atoms with van der Waals surface area (Å²) in [6, 6.07) is -0.180. The van der Waals surface area contributed by atoms with Crippen LogP contribution < -0.4 is 5.32 Å². The Balaban J connectivity index is 2.68. The summed E-state index contributed by atoms with van der Waals surface area (Å²) in [5.41, 5.74) is 0. The van der Waals surface area contributed by atoms with Crippen molar-refractivity contribution in [2.45, 2.75) is 40.2 Å². The van der Waals surface area contributed by atoms with Gasteiger partial charge in [-0.2, -0.15) is 0 Å². The summed E-state index contributed by atoms with van der Waals surface area (Å²) in [7, 11) is 0. The van der Waals surface area contributed by atoms with Crippen LogP contribution in [-0.2, 0) is 4.79 Å². The molecule has 1 amide bonds. The number of amides is 1. The Kier molecular flexibility index (Phi) is 3.82. The zero-order valence-corrected chi connectivity index (χ0v) is 9.57. The number of aryl methyl sites for hydroxylation is 1. The van der Waals surface area contributed by atoms with Gasteiger partial charge in [-0.05, 0) is 6.42 Å². The van der Waals surface area contributed by atoms with E-state index in [0.29, 0.717) is 11.8 Å². The van der Waals surface area contributed by atoms with E-state index in [9.17, 15) is 4.79 Å². The fraction of sp³-hybridized carbons (Fsp3) is 0.700. The Morgan fingerprint density at radius 3 is 2.53 bits per heavy atom. The van der Waals surface area contributed by atoms with Gasteiger partial charge in [0.15, 0.2) is 0 Å². The molecule has 1 aromatic rings. The zero-order chi connectivity index (χ0) is 11.4. The predicted molar refractivity (Wildman–Crippen MR) is 55.0 cm³/mol. The third-order valence-corrected chi connectivity index (χ3v) is 2.09. The minimum Gasteiger partial charge on any atom is -0.423 e. The minimum atomic E-state index is -0.180. The first-order chi connectivity index (χ1) is 7.04. The summed E-state index contributed by atoms with van der Waals surface area (Å²) in [6.45, 7) is 7.39. The van der Waals surface area contributed by atoms with E-state index in [4.69, 9.17) is 4.42 Å². The second kappa shape index (κ2) is 4.91. The number of rotatable bonds is 4. The molecule has 1 N–H and O–H groups in total. The van der Waals surface area contributed by atoms with E-state index in [-0.39, 0.29) is 17.9 Å². The number of hydrogen-bond acceptors (Lipinski definition) is 4. The van der Waals surface area contributed by atoms with Crippen LogP contribution in [0.5, 0.6) is 0 Å². The molecular weight excluding hydrogens is 194 g/mol. The average molecular weight is 211 g/mol. The third kappa shape index (κ3) is 3.04. The number of carbonyl (C=O) groups excluding carboxylic acids is 1. The summed E-state index contributed by atoms with van der Waals surface area (Å²) in [6.07, 6.45) is 0.736. The van der Waals surface area contributed by atoms with E-state index in [2.05, 4.69) is 15.5 Å². The van der Waals surface area contributed by atoms with Gasteiger partial charge < -0.3 is 9.73 Å². The molecule has 15 heavy (non-hydrogen) atoms. The van der Waals surface area contributed by atoms with Gasteiger partial charge >= 0.3 is 0 Å². The largest absolute Gasteiger partial charge is 0.423 e. The van der Waals surface area contributed by atoms with Crippen LogP contribution in [-0.4, -0.2) is 16.1 Å². The molecule has 1 heterocycles. The molecule has 0 fully saturated rings. The van der Waals surface area contributed by atoms with Crippen LogP contribution >= 0.6 is 0 Å². The van der Waals surface area contributed by atoms with E-state index >= 15 is 0 Å². The van der Waals surface area contributed by atoms with Crippen molar-refractivity contribution in [3.8, 4) is 0 Å². The molecular formula is C10H17N3O2. The first kappa shape index (κ1) is 11.7. The second-order valence-corrected chi connectivity index (χ2v) is 3.78. The standard InChI is InChI=1S/C10H17N3O2/c1-5-8(11-9(14)6(2)3)10-13-12-7(4)15-10/h6,8H,5H2,1-4H3,(H,11,14). The van der Waals surface area contributed by atoms with Gasteiger partial charge in [0.1, 0.15) is 6.04 Å². The van der Waals surface area contributed by atoms with Crippen molar-refractivity contribution in [2.24, 2.45) is 5.92 Å². The van der Waals surface area contributed by atoms with Crippen LogP contribution in [0, 0.1) is 12.8 Å². The Labute approximate surface area is 89.3 Å². The van der Waals surface area contributed by atoms with Gasteiger partial charge in [0, 0.05) is 12.8 Å². The Bertz CT molecular complexity index is 333. The summed E-state index contributed by atoms with van der Waals surface area (Å²) in [5, 5.41) is 10.5. The Hall–Kier alpha value is -1.39. The van der Waals surface area contributed by atoms with Gasteiger partial charge in [-0.3, -0.25) is 4.79 Å². The Morgan fingerprint density at radius 1 is 1.47 bits per heavy atom. The lowest BCUT2D eigenvalue weighted by atomic mass is 10.1. The first-order valence-electron chi connectivity index (χ1n) is 5.15. The molecule has 5 nitrogen and oxygen atoms in total. The minimum absolute atomic E-state index is 0.00213. The fourth-order valence-corrected chi connectivity index (χ4v) is 1.13. The van der Waals surface area contributed by atoms with E-state index in [1.165, 1.54) is 0 Å². The molecule has 0 spiro atoms. The molecule has 0 saturated heterocycles. The molecule has 0 bridgehead atoms. The van der Waals surface area contributed by atoms with Gasteiger partial charge in [-0.1, -0.05) is 20.8 Å². The van der Waals surface area contributed by atoms with E-state index in [0.717, 1.165) is 6.42 Å². The van der Waals surface area contributed by atoms with Crippen LogP contribution in [0.2, 0.25) is 0 Å². The maximum atomic E-state index is 11.5. The summed E-state index contributed by atoms with van der Waals surface area (Å²) < 4.78 is 5.28. The van der Waals surface area contributed by atoms with Crippen LogP contribution in [0.1, 0.15) is 45.0 Å². The van der Waals surface area contributed by atoms with Crippen molar-refractivity contribution in [1.82, 2.24) is 15.5 Å². The van der Waals surface area contributed by atoms with Crippen molar-refractivity contribution in [3.05, 3.63) is 11.8 Å². The van der Waals surface area contributed by atoms with Gasteiger partial charge in [0.2, 0.25) is 17.7 Å². The molecule has 1 atom stereocenters. The average Bonchev–Trinajstić information content (AvgIpc) is 2.60. The highest BCUT2D eigenvalue weighted by Crippen LogP contribution is 2.15. The van der Waals surface area contributed by atoms with Crippen LogP contribution in [0.25, 0.3) is 0 Å². The van der Waals surface area contributed by atoms with Crippen molar-refractivity contribution < 1.29 is 9.21 Å². The highest BCUT2D eigenvalue weighted by Gasteiger charge is 2.19. The molecule has 0 saturated carbocycles. The summed E-state index contributed by atoms with van der Waals surface area (Å²) in [4.78, 5) is 11.5. The van der Waals surface area contributed by atoms with Crippen molar-refractivity contribution in [3.63, 3.8) is 0 Å². The lowest BCUT2D eigenvalue weighted by Gasteiger charge is -2.14. The molecule has 0 aliphatic rings. The summed E-state index contributed by atoms with van der Waals surface area (Å²) >= 11 is 0. The second-order valence-electron chi connectivity index (χ2n) is 3.78. The van der Waals surface area contributed by atoms with Crippen molar-refractivity contribution in [2.75, 3.05) is 0 Å². The maximum Gasteiger partial charge on any atom is 0.238 e. The normalized spacial score (nSPS) is 12.9. The van der Waals surface area contributed by atoms with Crippen molar-refractivity contribution in [1.29, 1.82) is 0 Å². The van der Waals surface area contributed by atoms with Crippen molar-refractivity contribution >= 4 is 5.91 Å². The van der Waals surface area contributed by atoms with E-state index < -0.39 is 0 Å². The topological polar surface area (TPSA) is 68.0 Å². The Morgan fingerprint density at radius 2 is 2.13 bits per heavy atom. The lowest BCUT2D eigenvalue weighted by Crippen LogP contribution is -2.31. The molecule has 0 radical (unpaired) electrons. The van der Waals surface area contributed by atoms with Gasteiger partial charge in [0.25, 0.3) is 0 Å². The molecule has 1 unspecified atom stereocenters. The predicted octanol–water partition coefficient (Wildman–Crippen LogP) is 1.60. The number of hydrogen-bond donors (Lipinski definition) is 1. The zero-order valence-electron chi connectivity index (χ0n) is 9.57. The number of nitrogens with zero attached hydrogens (tertiary/aromatic N) is 2. The van der Waals surface area contributed by atoms with E-state index in [1.54, 1.807) is 6.92 Å². The van der Waals surface area contributed by atoms with Crippen LogP contribution in [0.3, 0.4) is 0 Å².